The average molecular weight is 300 g/mol. The smallest absolute Gasteiger partial charge is 0.330 e. The van der Waals surface area contributed by atoms with Crippen molar-refractivity contribution in [3.8, 4) is 0 Å². The monoisotopic (exact) mass is 300 g/mol. The molecule has 0 radical (unpaired) electrons. The normalized spacial score (nSPS) is 16.7. The average Bonchev–Trinajstić information content (AvgIpc) is 2.49. The van der Waals surface area contributed by atoms with Crippen molar-refractivity contribution in [2.75, 3.05) is 18.8 Å². The van der Waals surface area contributed by atoms with Gasteiger partial charge in [0.15, 0.2) is 0 Å². The largest absolute Gasteiger partial charge is 0.385 e. The van der Waals surface area contributed by atoms with Crippen LogP contribution in [0.3, 0.4) is 0 Å². The molecule has 3 rings (SSSR count). The molecule has 2 heterocycles. The van der Waals surface area contributed by atoms with Crippen molar-refractivity contribution in [2.45, 2.75) is 25.4 Å². The Bertz CT molecular complexity index is 743. The van der Waals surface area contributed by atoms with Gasteiger partial charge in [-0.05, 0) is 18.4 Å². The number of aromatic nitrogens is 2. The fraction of sp³-hybridized carbons (Fsp3) is 0.375. The van der Waals surface area contributed by atoms with E-state index in [0.717, 1.165) is 32.5 Å². The number of hydrogen-bond donors (Lipinski definition) is 2. The predicted octanol–water partition coefficient (Wildman–Crippen LogP) is 0.956. The molecule has 1 saturated heterocycles. The van der Waals surface area contributed by atoms with Crippen molar-refractivity contribution in [2.24, 2.45) is 0 Å². The Labute approximate surface area is 128 Å². The molecule has 1 aromatic carbocycles. The summed E-state index contributed by atoms with van der Waals surface area (Å²) in [4.78, 5) is 27.9. The maximum Gasteiger partial charge on any atom is 0.330 e. The Balaban J connectivity index is 1.67. The van der Waals surface area contributed by atoms with Crippen LogP contribution in [-0.4, -0.2) is 27.5 Å². The molecule has 1 aliphatic heterocycles. The Morgan fingerprint density at radius 2 is 1.82 bits per heavy atom. The van der Waals surface area contributed by atoms with Crippen molar-refractivity contribution in [1.29, 1.82) is 0 Å². The van der Waals surface area contributed by atoms with Crippen LogP contribution in [0.4, 0.5) is 5.82 Å². The number of nitrogens with two attached hydrogens (primary N) is 1. The minimum Gasteiger partial charge on any atom is -0.385 e. The number of likely N-dealkylation sites (tertiary alicyclic amines) is 1. The summed E-state index contributed by atoms with van der Waals surface area (Å²) in [5.74, 6) is 0.246. The van der Waals surface area contributed by atoms with Crippen LogP contribution in [0.25, 0.3) is 0 Å². The van der Waals surface area contributed by atoms with Crippen LogP contribution < -0.4 is 17.0 Å². The van der Waals surface area contributed by atoms with E-state index in [1.807, 2.05) is 18.2 Å². The molecule has 22 heavy (non-hydrogen) atoms. The molecule has 0 amide bonds. The van der Waals surface area contributed by atoms with Crippen LogP contribution >= 0.6 is 0 Å². The summed E-state index contributed by atoms with van der Waals surface area (Å²) in [6.45, 7) is 2.73. The Kier molecular flexibility index (Phi) is 4.11. The van der Waals surface area contributed by atoms with Crippen molar-refractivity contribution in [3.05, 3.63) is 62.8 Å². The van der Waals surface area contributed by atoms with Gasteiger partial charge in [0.05, 0.1) is 0 Å². The first-order chi connectivity index (χ1) is 10.6. The highest BCUT2D eigenvalue weighted by molar-refractivity contribution is 5.27. The SMILES string of the molecule is Nc1cc(=O)[nH]c(=O)n1C1CCN(Cc2ccccc2)CC1. The van der Waals surface area contributed by atoms with Crippen LogP contribution in [0.1, 0.15) is 24.4 Å². The highest BCUT2D eigenvalue weighted by atomic mass is 16.2. The van der Waals surface area contributed by atoms with Gasteiger partial charge in [-0.2, -0.15) is 0 Å². The van der Waals surface area contributed by atoms with Gasteiger partial charge in [0.1, 0.15) is 5.82 Å². The lowest BCUT2D eigenvalue weighted by atomic mass is 10.0. The van der Waals surface area contributed by atoms with E-state index in [0.29, 0.717) is 0 Å². The van der Waals surface area contributed by atoms with E-state index in [2.05, 4.69) is 22.0 Å². The summed E-state index contributed by atoms with van der Waals surface area (Å²) < 4.78 is 1.52. The summed E-state index contributed by atoms with van der Waals surface area (Å²) >= 11 is 0. The second kappa shape index (κ2) is 6.19. The molecule has 2 aromatic rings. The minimum absolute atomic E-state index is 0.0522. The molecule has 0 aliphatic carbocycles. The third-order valence-electron chi connectivity index (χ3n) is 4.18. The van der Waals surface area contributed by atoms with Crippen LogP contribution in [0.5, 0.6) is 0 Å². The zero-order chi connectivity index (χ0) is 15.5. The van der Waals surface area contributed by atoms with Crippen LogP contribution in [0.2, 0.25) is 0 Å². The number of anilines is 1. The number of rotatable bonds is 3. The zero-order valence-corrected chi connectivity index (χ0v) is 12.4. The summed E-state index contributed by atoms with van der Waals surface area (Å²) in [6.07, 6.45) is 1.70. The molecular weight excluding hydrogens is 280 g/mol. The van der Waals surface area contributed by atoms with Crippen molar-refractivity contribution in [1.82, 2.24) is 14.5 Å². The summed E-state index contributed by atoms with van der Waals surface area (Å²) in [6, 6.07) is 11.7. The maximum absolute atomic E-state index is 11.9. The number of aromatic amines is 1. The van der Waals surface area contributed by atoms with Crippen molar-refractivity contribution in [3.63, 3.8) is 0 Å². The molecule has 0 spiro atoms. The van der Waals surface area contributed by atoms with Gasteiger partial charge in [-0.15, -0.1) is 0 Å². The van der Waals surface area contributed by atoms with E-state index in [1.165, 1.54) is 16.2 Å². The number of hydrogen-bond acceptors (Lipinski definition) is 4. The standard InChI is InChI=1S/C16H20N4O2/c17-14-10-15(21)18-16(22)20(14)13-6-8-19(9-7-13)11-12-4-2-1-3-5-12/h1-5,10,13H,6-9,11,17H2,(H,18,21,22). The van der Waals surface area contributed by atoms with Gasteiger partial charge in [-0.25, -0.2) is 4.79 Å². The predicted molar refractivity (Wildman–Crippen MR) is 85.7 cm³/mol. The van der Waals surface area contributed by atoms with Gasteiger partial charge in [0.25, 0.3) is 5.56 Å². The number of nitrogen functional groups attached to an aromatic ring is 1. The number of nitrogens with one attached hydrogen (secondary N) is 1. The number of piperidine rings is 1. The molecule has 6 nitrogen and oxygen atoms in total. The third kappa shape index (κ3) is 3.12. The van der Waals surface area contributed by atoms with Crippen LogP contribution in [0.15, 0.2) is 46.0 Å². The van der Waals surface area contributed by atoms with Gasteiger partial charge in [0, 0.05) is 31.7 Å². The quantitative estimate of drug-likeness (QED) is 0.884. The molecule has 1 aromatic heterocycles. The van der Waals surface area contributed by atoms with E-state index < -0.39 is 11.2 Å². The molecule has 0 saturated carbocycles. The highest BCUT2D eigenvalue weighted by Crippen LogP contribution is 2.23. The summed E-state index contributed by atoms with van der Waals surface area (Å²) in [5, 5.41) is 0. The van der Waals surface area contributed by atoms with Gasteiger partial charge >= 0.3 is 5.69 Å². The van der Waals surface area contributed by atoms with Gasteiger partial charge in [-0.3, -0.25) is 19.2 Å². The van der Waals surface area contributed by atoms with E-state index in [9.17, 15) is 9.59 Å². The van der Waals surface area contributed by atoms with E-state index in [1.54, 1.807) is 0 Å². The third-order valence-corrected chi connectivity index (χ3v) is 4.18. The van der Waals surface area contributed by atoms with Crippen molar-refractivity contribution >= 4 is 5.82 Å². The zero-order valence-electron chi connectivity index (χ0n) is 12.4. The lowest BCUT2D eigenvalue weighted by Gasteiger charge is -2.33. The second-order valence-electron chi connectivity index (χ2n) is 5.73. The molecule has 1 aliphatic rings. The molecule has 116 valence electrons. The number of H-pyrrole nitrogens is 1. The topological polar surface area (TPSA) is 84.1 Å². The molecule has 6 heteroatoms. The molecular formula is C16H20N4O2. The molecule has 0 unspecified atom stereocenters. The van der Waals surface area contributed by atoms with E-state index >= 15 is 0 Å². The van der Waals surface area contributed by atoms with E-state index in [4.69, 9.17) is 5.73 Å². The lowest BCUT2D eigenvalue weighted by Crippen LogP contribution is -2.40. The summed E-state index contributed by atoms with van der Waals surface area (Å²) in [7, 11) is 0. The Morgan fingerprint density at radius 3 is 2.45 bits per heavy atom. The van der Waals surface area contributed by atoms with Gasteiger partial charge in [0.2, 0.25) is 0 Å². The summed E-state index contributed by atoms with van der Waals surface area (Å²) in [5.41, 5.74) is 6.28. The fourth-order valence-electron chi connectivity index (χ4n) is 3.08. The van der Waals surface area contributed by atoms with Gasteiger partial charge < -0.3 is 5.73 Å². The number of nitrogens with zero attached hydrogens (tertiary/aromatic N) is 2. The molecule has 1 fully saturated rings. The van der Waals surface area contributed by atoms with E-state index in [-0.39, 0.29) is 11.9 Å². The van der Waals surface area contributed by atoms with Crippen molar-refractivity contribution < 1.29 is 0 Å². The molecule has 3 N–H and O–H groups in total. The molecule has 0 atom stereocenters. The fourth-order valence-corrected chi connectivity index (χ4v) is 3.08. The van der Waals surface area contributed by atoms with Crippen LogP contribution in [0, 0.1) is 0 Å². The van der Waals surface area contributed by atoms with Gasteiger partial charge in [-0.1, -0.05) is 30.3 Å². The Hall–Kier alpha value is -2.34. The maximum atomic E-state index is 11.9. The number of benzene rings is 1. The molecule has 0 bridgehead atoms. The first kappa shape index (κ1) is 14.6. The highest BCUT2D eigenvalue weighted by Gasteiger charge is 2.22. The first-order valence-electron chi connectivity index (χ1n) is 7.51. The first-order valence-corrected chi connectivity index (χ1v) is 7.51. The van der Waals surface area contributed by atoms with Crippen LogP contribution in [-0.2, 0) is 6.54 Å². The lowest BCUT2D eigenvalue weighted by molar-refractivity contribution is 0.178. The second-order valence-corrected chi connectivity index (χ2v) is 5.73. The minimum atomic E-state index is -0.444. The Morgan fingerprint density at radius 1 is 1.14 bits per heavy atom.